The van der Waals surface area contributed by atoms with Gasteiger partial charge in [0, 0.05) is 6.42 Å². The lowest BCUT2D eigenvalue weighted by Crippen LogP contribution is -2.32. The van der Waals surface area contributed by atoms with E-state index in [0.29, 0.717) is 17.2 Å². The van der Waals surface area contributed by atoms with Crippen molar-refractivity contribution in [3.05, 3.63) is 86.9 Å². The van der Waals surface area contributed by atoms with Crippen LogP contribution in [0, 0.1) is 6.92 Å². The molecule has 0 saturated heterocycles. The van der Waals surface area contributed by atoms with Crippen molar-refractivity contribution in [2.45, 2.75) is 13.3 Å². The summed E-state index contributed by atoms with van der Waals surface area (Å²) in [5.74, 6) is -2.05. The number of amides is 2. The van der Waals surface area contributed by atoms with E-state index >= 15 is 0 Å². The van der Waals surface area contributed by atoms with E-state index in [2.05, 4.69) is 4.98 Å². The van der Waals surface area contributed by atoms with Crippen LogP contribution >= 0.6 is 11.3 Å². The molecule has 1 aliphatic heterocycles. The SMILES string of the molecule is Cc1nc(Cc2ccccc2)sc1C(=O)ON1C(=O)c2ccccc2C1=O. The number of carbonyl (C=O) groups is 3. The van der Waals surface area contributed by atoms with E-state index in [0.717, 1.165) is 10.6 Å². The molecule has 2 amide bonds. The molecule has 7 heteroatoms. The van der Waals surface area contributed by atoms with Crippen molar-refractivity contribution >= 4 is 29.1 Å². The molecule has 0 aliphatic carbocycles. The molecule has 4 rings (SSSR count). The second-order valence-corrected chi connectivity index (χ2v) is 7.10. The Hall–Kier alpha value is -3.32. The molecule has 0 bridgehead atoms. The third-order valence-corrected chi connectivity index (χ3v) is 5.29. The van der Waals surface area contributed by atoms with E-state index in [1.807, 2.05) is 30.3 Å². The monoisotopic (exact) mass is 378 g/mol. The molecule has 0 unspecified atom stereocenters. The Morgan fingerprint density at radius 3 is 2.22 bits per heavy atom. The smallest absolute Gasteiger partial charge is 0.323 e. The summed E-state index contributed by atoms with van der Waals surface area (Å²) in [7, 11) is 0. The Morgan fingerprint density at radius 1 is 1.00 bits per heavy atom. The van der Waals surface area contributed by atoms with Gasteiger partial charge < -0.3 is 4.84 Å². The number of thiazole rings is 1. The van der Waals surface area contributed by atoms with Crippen LogP contribution in [0.4, 0.5) is 0 Å². The summed E-state index contributed by atoms with van der Waals surface area (Å²) in [4.78, 5) is 47.0. The first-order valence-corrected chi connectivity index (χ1v) is 9.06. The predicted octanol–water partition coefficient (Wildman–Crippen LogP) is 3.41. The van der Waals surface area contributed by atoms with Gasteiger partial charge in [-0.05, 0) is 24.6 Å². The second-order valence-electron chi connectivity index (χ2n) is 6.01. The van der Waals surface area contributed by atoms with E-state index < -0.39 is 17.8 Å². The highest BCUT2D eigenvalue weighted by Crippen LogP contribution is 2.26. The maximum absolute atomic E-state index is 12.5. The summed E-state index contributed by atoms with van der Waals surface area (Å²) >= 11 is 1.20. The van der Waals surface area contributed by atoms with Crippen LogP contribution < -0.4 is 0 Å². The number of hydrogen-bond acceptors (Lipinski definition) is 6. The molecule has 1 aromatic heterocycles. The van der Waals surface area contributed by atoms with E-state index in [1.54, 1.807) is 19.1 Å². The number of carbonyl (C=O) groups excluding carboxylic acids is 3. The van der Waals surface area contributed by atoms with E-state index in [9.17, 15) is 14.4 Å². The quantitative estimate of drug-likeness (QED) is 0.650. The molecule has 27 heavy (non-hydrogen) atoms. The Labute approximate surface area is 159 Å². The van der Waals surface area contributed by atoms with Crippen molar-refractivity contribution in [2.24, 2.45) is 0 Å². The third kappa shape index (κ3) is 3.13. The summed E-state index contributed by atoms with van der Waals surface area (Å²) in [6, 6.07) is 16.1. The van der Waals surface area contributed by atoms with Gasteiger partial charge in [-0.25, -0.2) is 9.78 Å². The molecule has 0 saturated carbocycles. The van der Waals surface area contributed by atoms with E-state index in [4.69, 9.17) is 4.84 Å². The maximum Gasteiger partial charge on any atom is 0.375 e. The number of rotatable bonds is 4. The summed E-state index contributed by atoms with van der Waals surface area (Å²) in [5.41, 5.74) is 2.03. The summed E-state index contributed by atoms with van der Waals surface area (Å²) in [6.07, 6.45) is 0.590. The van der Waals surface area contributed by atoms with E-state index in [1.165, 1.54) is 23.5 Å². The van der Waals surface area contributed by atoms with Crippen molar-refractivity contribution in [3.63, 3.8) is 0 Å². The number of hydrogen-bond donors (Lipinski definition) is 0. The lowest BCUT2D eigenvalue weighted by molar-refractivity contribution is -0.0581. The fourth-order valence-electron chi connectivity index (χ4n) is 2.86. The van der Waals surface area contributed by atoms with Crippen LogP contribution in [0.5, 0.6) is 0 Å². The average molecular weight is 378 g/mol. The Kier molecular flexibility index (Phi) is 4.29. The molecule has 0 fully saturated rings. The van der Waals surface area contributed by atoms with E-state index in [-0.39, 0.29) is 16.0 Å². The topological polar surface area (TPSA) is 76.6 Å². The predicted molar refractivity (Wildman–Crippen MR) is 98.5 cm³/mol. The molecular formula is C20H14N2O4S. The first-order chi connectivity index (χ1) is 13.0. The van der Waals surface area contributed by atoms with Crippen LogP contribution in [0.3, 0.4) is 0 Å². The van der Waals surface area contributed by atoms with Crippen molar-refractivity contribution < 1.29 is 19.2 Å². The zero-order valence-corrected chi connectivity index (χ0v) is 15.2. The molecule has 1 aliphatic rings. The fraction of sp³-hybridized carbons (Fsp3) is 0.100. The minimum atomic E-state index is -0.765. The Bertz CT molecular complexity index is 1020. The molecule has 0 spiro atoms. The molecule has 2 heterocycles. The molecule has 6 nitrogen and oxygen atoms in total. The van der Waals surface area contributed by atoms with Gasteiger partial charge in [0.05, 0.1) is 21.8 Å². The Morgan fingerprint density at radius 2 is 1.59 bits per heavy atom. The van der Waals surface area contributed by atoms with Gasteiger partial charge >= 0.3 is 5.97 Å². The number of nitrogens with zero attached hydrogens (tertiary/aromatic N) is 2. The minimum absolute atomic E-state index is 0.223. The molecule has 0 radical (unpaired) electrons. The van der Waals surface area contributed by atoms with Crippen LogP contribution in [0.1, 0.15) is 46.7 Å². The summed E-state index contributed by atoms with van der Waals surface area (Å²) in [5, 5.41) is 1.27. The fourth-order valence-corrected chi connectivity index (χ4v) is 3.83. The van der Waals surface area contributed by atoms with Crippen LogP contribution in [0.2, 0.25) is 0 Å². The number of fused-ring (bicyclic) bond motifs is 1. The highest BCUT2D eigenvalue weighted by atomic mass is 32.1. The number of aryl methyl sites for hydroxylation is 1. The highest BCUT2D eigenvalue weighted by molar-refractivity contribution is 7.13. The summed E-state index contributed by atoms with van der Waals surface area (Å²) in [6.45, 7) is 1.70. The number of imide groups is 1. The molecular weight excluding hydrogens is 364 g/mol. The standard InChI is InChI=1S/C20H14N2O4S/c1-12-17(27-16(21-12)11-13-7-3-2-4-8-13)20(25)26-22-18(23)14-9-5-6-10-15(14)19(22)24/h2-10H,11H2,1H3. The molecule has 0 atom stereocenters. The summed E-state index contributed by atoms with van der Waals surface area (Å²) < 4.78 is 0. The average Bonchev–Trinajstić information content (AvgIpc) is 3.16. The second kappa shape index (κ2) is 6.77. The highest BCUT2D eigenvalue weighted by Gasteiger charge is 2.39. The van der Waals surface area contributed by atoms with Gasteiger partial charge in [0.2, 0.25) is 0 Å². The third-order valence-electron chi connectivity index (χ3n) is 4.16. The zero-order valence-electron chi connectivity index (χ0n) is 14.3. The van der Waals surface area contributed by atoms with Gasteiger partial charge in [-0.2, -0.15) is 0 Å². The van der Waals surface area contributed by atoms with Gasteiger partial charge in [0.1, 0.15) is 4.88 Å². The van der Waals surface area contributed by atoms with Crippen molar-refractivity contribution in [2.75, 3.05) is 0 Å². The normalized spacial score (nSPS) is 13.0. The molecule has 0 N–H and O–H groups in total. The lowest BCUT2D eigenvalue weighted by Gasteiger charge is -2.11. The van der Waals surface area contributed by atoms with Crippen molar-refractivity contribution in [1.82, 2.24) is 10.0 Å². The number of benzene rings is 2. The Balaban J connectivity index is 1.53. The lowest BCUT2D eigenvalue weighted by atomic mass is 10.1. The number of hydroxylamine groups is 2. The van der Waals surface area contributed by atoms with Crippen LogP contribution in [-0.2, 0) is 11.3 Å². The van der Waals surface area contributed by atoms with Gasteiger partial charge in [0.15, 0.2) is 0 Å². The van der Waals surface area contributed by atoms with Gasteiger partial charge in [-0.3, -0.25) is 9.59 Å². The zero-order chi connectivity index (χ0) is 19.0. The number of aromatic nitrogens is 1. The van der Waals surface area contributed by atoms with Gasteiger partial charge in [-0.15, -0.1) is 11.3 Å². The van der Waals surface area contributed by atoms with Gasteiger partial charge in [-0.1, -0.05) is 47.5 Å². The van der Waals surface area contributed by atoms with Gasteiger partial charge in [0.25, 0.3) is 11.8 Å². The van der Waals surface area contributed by atoms with Crippen LogP contribution in [-0.4, -0.2) is 27.8 Å². The largest absolute Gasteiger partial charge is 0.375 e. The van der Waals surface area contributed by atoms with Crippen LogP contribution in [0.25, 0.3) is 0 Å². The first kappa shape index (κ1) is 17.1. The van der Waals surface area contributed by atoms with Crippen molar-refractivity contribution in [3.8, 4) is 0 Å². The van der Waals surface area contributed by atoms with Crippen molar-refractivity contribution in [1.29, 1.82) is 0 Å². The molecule has 134 valence electrons. The first-order valence-electron chi connectivity index (χ1n) is 8.25. The molecule has 2 aromatic carbocycles. The maximum atomic E-state index is 12.5. The van der Waals surface area contributed by atoms with Crippen LogP contribution in [0.15, 0.2) is 54.6 Å². The molecule has 3 aromatic rings. The minimum Gasteiger partial charge on any atom is -0.323 e.